The summed E-state index contributed by atoms with van der Waals surface area (Å²) in [7, 11) is 1.24. The third-order valence-corrected chi connectivity index (χ3v) is 4.54. The highest BCUT2D eigenvalue weighted by Crippen LogP contribution is 2.17. The highest BCUT2D eigenvalue weighted by atomic mass is 32.2. The fourth-order valence-electron chi connectivity index (χ4n) is 2.00. The first-order valence-corrected chi connectivity index (χ1v) is 8.94. The van der Waals surface area contributed by atoms with Gasteiger partial charge in [-0.25, -0.2) is 9.18 Å². The Balaban J connectivity index is 1.77. The van der Waals surface area contributed by atoms with Crippen molar-refractivity contribution in [3.8, 4) is 0 Å². The first-order chi connectivity index (χ1) is 12.9. The van der Waals surface area contributed by atoms with Gasteiger partial charge in [0.1, 0.15) is 23.2 Å². The molecule has 0 saturated heterocycles. The zero-order valence-electron chi connectivity index (χ0n) is 14.7. The van der Waals surface area contributed by atoms with Gasteiger partial charge >= 0.3 is 11.9 Å². The van der Waals surface area contributed by atoms with Crippen molar-refractivity contribution in [2.24, 2.45) is 0 Å². The van der Waals surface area contributed by atoms with Crippen LogP contribution >= 0.6 is 11.8 Å². The number of methoxy groups -OCH3 is 1. The predicted molar refractivity (Wildman–Crippen MR) is 96.8 cm³/mol. The Bertz CT molecular complexity index is 804. The Morgan fingerprint density at radius 1 is 1.22 bits per heavy atom. The molecule has 9 heteroatoms. The average molecular weight is 395 g/mol. The first-order valence-electron chi connectivity index (χ1n) is 7.89. The molecule has 0 aliphatic carbocycles. The van der Waals surface area contributed by atoms with Crippen LogP contribution in [-0.2, 0) is 25.7 Å². The number of hydrogen-bond acceptors (Lipinski definition) is 7. The van der Waals surface area contributed by atoms with Crippen molar-refractivity contribution in [3.05, 3.63) is 53.7 Å². The lowest BCUT2D eigenvalue weighted by Gasteiger charge is -2.11. The fourth-order valence-corrected chi connectivity index (χ4v) is 2.67. The minimum Gasteiger partial charge on any atom is -0.465 e. The maximum absolute atomic E-state index is 12.8. The Labute approximate surface area is 159 Å². The fraction of sp³-hybridized carbons (Fsp3) is 0.278. The number of amides is 1. The molecule has 1 heterocycles. The third kappa shape index (κ3) is 6.14. The summed E-state index contributed by atoms with van der Waals surface area (Å²) in [5.41, 5.74) is 0.648. The van der Waals surface area contributed by atoms with Crippen molar-refractivity contribution >= 4 is 35.3 Å². The van der Waals surface area contributed by atoms with E-state index in [-0.39, 0.29) is 29.6 Å². The van der Waals surface area contributed by atoms with Gasteiger partial charge in [0.25, 0.3) is 0 Å². The quantitative estimate of drug-likeness (QED) is 0.687. The van der Waals surface area contributed by atoms with E-state index in [1.54, 1.807) is 6.92 Å². The van der Waals surface area contributed by atoms with Crippen molar-refractivity contribution in [1.29, 1.82) is 0 Å². The summed E-state index contributed by atoms with van der Waals surface area (Å²) in [6.45, 7) is 1.38. The van der Waals surface area contributed by atoms with Crippen molar-refractivity contribution < 1.29 is 32.7 Å². The average Bonchev–Trinajstić information content (AvgIpc) is 3.14. The number of nitrogens with one attached hydrogen (secondary N) is 1. The van der Waals surface area contributed by atoms with Crippen LogP contribution in [0.15, 0.2) is 41.0 Å². The molecule has 0 aliphatic rings. The summed E-state index contributed by atoms with van der Waals surface area (Å²) in [6, 6.07) is 6.78. The first kappa shape index (κ1) is 20.5. The van der Waals surface area contributed by atoms with E-state index in [1.807, 2.05) is 0 Å². The van der Waals surface area contributed by atoms with E-state index in [0.717, 1.165) is 11.8 Å². The standard InChI is InChI=1S/C18H18FNO6S/c1-11(27-10-16(21)20-13-5-3-12(19)4-6-13)17(22)26-9-15-14(7-8-25-15)18(23)24-2/h3-8,11H,9-10H2,1-2H3,(H,20,21). The van der Waals surface area contributed by atoms with Gasteiger partial charge < -0.3 is 19.2 Å². The molecule has 0 saturated carbocycles. The van der Waals surface area contributed by atoms with Crippen molar-refractivity contribution in [2.45, 2.75) is 18.8 Å². The molecule has 27 heavy (non-hydrogen) atoms. The molecule has 0 aliphatic heterocycles. The van der Waals surface area contributed by atoms with E-state index >= 15 is 0 Å². The molecule has 0 radical (unpaired) electrons. The molecule has 1 atom stereocenters. The zero-order valence-corrected chi connectivity index (χ0v) is 15.5. The number of ether oxygens (including phenoxy) is 2. The maximum atomic E-state index is 12.8. The smallest absolute Gasteiger partial charge is 0.341 e. The normalized spacial score (nSPS) is 11.5. The van der Waals surface area contributed by atoms with Gasteiger partial charge in [0.15, 0.2) is 5.76 Å². The van der Waals surface area contributed by atoms with Crippen LogP contribution in [0.3, 0.4) is 0 Å². The Morgan fingerprint density at radius 2 is 1.93 bits per heavy atom. The second kappa shape index (κ2) is 9.77. The topological polar surface area (TPSA) is 94.8 Å². The van der Waals surface area contributed by atoms with E-state index in [1.165, 1.54) is 43.7 Å². The van der Waals surface area contributed by atoms with Crippen LogP contribution in [0.5, 0.6) is 0 Å². The summed E-state index contributed by atoms with van der Waals surface area (Å²) in [4.78, 5) is 35.4. The molecule has 1 unspecified atom stereocenters. The van der Waals surface area contributed by atoms with Crippen LogP contribution in [0.4, 0.5) is 10.1 Å². The molecule has 2 rings (SSSR count). The van der Waals surface area contributed by atoms with E-state index in [4.69, 9.17) is 9.15 Å². The summed E-state index contributed by atoms with van der Waals surface area (Å²) < 4.78 is 27.7. The zero-order chi connectivity index (χ0) is 19.8. The van der Waals surface area contributed by atoms with Gasteiger partial charge in [0, 0.05) is 5.69 Å². The molecule has 0 bridgehead atoms. The minimum absolute atomic E-state index is 0.0157. The summed E-state index contributed by atoms with van der Waals surface area (Å²) >= 11 is 1.08. The number of furan rings is 1. The van der Waals surface area contributed by atoms with Crippen LogP contribution in [0, 0.1) is 5.82 Å². The van der Waals surface area contributed by atoms with Crippen LogP contribution in [0.25, 0.3) is 0 Å². The highest BCUT2D eigenvalue weighted by molar-refractivity contribution is 8.01. The molecule has 1 N–H and O–H groups in total. The predicted octanol–water partition coefficient (Wildman–Crippen LogP) is 3.01. The molecule has 2 aromatic rings. The van der Waals surface area contributed by atoms with Crippen LogP contribution in [0.1, 0.15) is 23.0 Å². The van der Waals surface area contributed by atoms with Gasteiger partial charge in [-0.2, -0.15) is 0 Å². The summed E-state index contributed by atoms with van der Waals surface area (Å²) in [5.74, 6) is -1.67. The van der Waals surface area contributed by atoms with Crippen LogP contribution < -0.4 is 5.32 Å². The van der Waals surface area contributed by atoms with E-state index < -0.39 is 23.0 Å². The molecular formula is C18H18FNO6S. The molecule has 0 fully saturated rings. The molecular weight excluding hydrogens is 377 g/mol. The monoisotopic (exact) mass is 395 g/mol. The van der Waals surface area contributed by atoms with E-state index in [2.05, 4.69) is 10.1 Å². The van der Waals surface area contributed by atoms with E-state index in [9.17, 15) is 18.8 Å². The molecule has 144 valence electrons. The lowest BCUT2D eigenvalue weighted by Crippen LogP contribution is -2.21. The second-order valence-corrected chi connectivity index (χ2v) is 6.69. The van der Waals surface area contributed by atoms with E-state index in [0.29, 0.717) is 5.69 Å². The lowest BCUT2D eigenvalue weighted by atomic mass is 10.2. The van der Waals surface area contributed by atoms with Crippen molar-refractivity contribution in [1.82, 2.24) is 0 Å². The number of carbonyl (C=O) groups excluding carboxylic acids is 3. The Kier molecular flexibility index (Phi) is 7.42. The summed E-state index contributed by atoms with van der Waals surface area (Å²) in [6.07, 6.45) is 1.30. The minimum atomic E-state index is -0.611. The molecule has 1 aromatic carbocycles. The van der Waals surface area contributed by atoms with Crippen LogP contribution in [-0.4, -0.2) is 36.0 Å². The largest absolute Gasteiger partial charge is 0.465 e. The van der Waals surface area contributed by atoms with Gasteiger partial charge in [0.05, 0.1) is 19.1 Å². The SMILES string of the molecule is COC(=O)c1ccoc1COC(=O)C(C)SCC(=O)Nc1ccc(F)cc1. The molecule has 0 spiro atoms. The third-order valence-electron chi connectivity index (χ3n) is 3.42. The number of carbonyl (C=O) groups is 3. The van der Waals surface area contributed by atoms with Gasteiger partial charge in [-0.15, -0.1) is 11.8 Å². The van der Waals surface area contributed by atoms with Crippen molar-refractivity contribution in [2.75, 3.05) is 18.2 Å². The van der Waals surface area contributed by atoms with Crippen molar-refractivity contribution in [3.63, 3.8) is 0 Å². The summed E-state index contributed by atoms with van der Waals surface area (Å²) in [5, 5.41) is 1.99. The van der Waals surface area contributed by atoms with Crippen LogP contribution in [0.2, 0.25) is 0 Å². The number of thioether (sulfide) groups is 1. The lowest BCUT2D eigenvalue weighted by molar-refractivity contribution is -0.144. The van der Waals surface area contributed by atoms with Gasteiger partial charge in [-0.1, -0.05) is 0 Å². The maximum Gasteiger partial charge on any atom is 0.341 e. The number of esters is 2. The molecule has 7 nitrogen and oxygen atoms in total. The second-order valence-electron chi connectivity index (χ2n) is 5.37. The molecule has 1 amide bonds. The number of benzene rings is 1. The number of hydrogen-bond donors (Lipinski definition) is 1. The molecule has 1 aromatic heterocycles. The van der Waals surface area contributed by atoms with Gasteiger partial charge in [-0.05, 0) is 37.3 Å². The van der Waals surface area contributed by atoms with Gasteiger partial charge in [0.2, 0.25) is 5.91 Å². The Hall–Kier alpha value is -2.81. The number of anilines is 1. The van der Waals surface area contributed by atoms with Gasteiger partial charge in [-0.3, -0.25) is 9.59 Å². The highest BCUT2D eigenvalue weighted by Gasteiger charge is 2.20. The Morgan fingerprint density at radius 3 is 2.59 bits per heavy atom. The number of rotatable bonds is 8. The number of halogens is 1.